The summed E-state index contributed by atoms with van der Waals surface area (Å²) in [5.41, 5.74) is 0.828. The van der Waals surface area contributed by atoms with Crippen molar-refractivity contribution in [1.29, 1.82) is 0 Å². The van der Waals surface area contributed by atoms with Crippen LogP contribution in [0.1, 0.15) is 19.3 Å². The van der Waals surface area contributed by atoms with E-state index in [1.54, 1.807) is 36.4 Å². The van der Waals surface area contributed by atoms with Crippen molar-refractivity contribution in [2.24, 2.45) is 5.92 Å². The number of nitrogens with one attached hydrogen (secondary N) is 1. The average Bonchev–Trinajstić information content (AvgIpc) is 3.13. The minimum atomic E-state index is -0.548. The highest BCUT2D eigenvalue weighted by Gasteiger charge is 2.44. The smallest absolute Gasteiger partial charge is 0.251 e. The maximum Gasteiger partial charge on any atom is 0.251 e. The van der Waals surface area contributed by atoms with Crippen LogP contribution in [-0.4, -0.2) is 61.1 Å². The van der Waals surface area contributed by atoms with Gasteiger partial charge >= 0.3 is 0 Å². The van der Waals surface area contributed by atoms with Crippen LogP contribution in [0.25, 0.3) is 0 Å². The van der Waals surface area contributed by atoms with Gasteiger partial charge in [-0.15, -0.1) is 0 Å². The Morgan fingerprint density at radius 1 is 1.03 bits per heavy atom. The summed E-state index contributed by atoms with van der Waals surface area (Å²) in [6, 6.07) is 11.0. The second-order valence-electron chi connectivity index (χ2n) is 8.14. The molecule has 4 rings (SSSR count). The Kier molecular flexibility index (Phi) is 6.50. The van der Waals surface area contributed by atoms with E-state index in [1.165, 1.54) is 25.2 Å². The van der Waals surface area contributed by atoms with E-state index in [2.05, 4.69) is 5.32 Å². The number of ether oxygens (including phenoxy) is 2. The van der Waals surface area contributed by atoms with Gasteiger partial charge < -0.3 is 19.9 Å². The summed E-state index contributed by atoms with van der Waals surface area (Å²) in [6.07, 6.45) is 1.23. The van der Waals surface area contributed by atoms with Crippen LogP contribution in [0.15, 0.2) is 42.5 Å². The minimum absolute atomic E-state index is 0.0219. The quantitative estimate of drug-likeness (QED) is 0.511. The average molecular weight is 453 g/mol. The maximum absolute atomic E-state index is 13.1. The first-order valence-electron chi connectivity index (χ1n) is 10.8. The molecule has 1 atom stereocenters. The molecule has 2 aromatic carbocycles. The van der Waals surface area contributed by atoms with Crippen molar-refractivity contribution in [2.45, 2.75) is 25.3 Å². The molecule has 174 valence electrons. The number of aromatic hydroxyl groups is 1. The monoisotopic (exact) mass is 453 g/mol. The van der Waals surface area contributed by atoms with E-state index in [0.29, 0.717) is 48.8 Å². The number of para-hydroxylation sites is 2. The summed E-state index contributed by atoms with van der Waals surface area (Å²) in [6.45, 7) is 1.06. The normalized spacial score (nSPS) is 19.6. The molecule has 2 aliphatic heterocycles. The van der Waals surface area contributed by atoms with Gasteiger partial charge in [0.1, 0.15) is 5.75 Å². The van der Waals surface area contributed by atoms with Crippen molar-refractivity contribution in [1.82, 2.24) is 4.90 Å². The second-order valence-corrected chi connectivity index (χ2v) is 8.14. The molecule has 2 heterocycles. The van der Waals surface area contributed by atoms with Crippen LogP contribution in [0.4, 0.5) is 11.4 Å². The number of carbonyl (C=O) groups is 3. The molecule has 2 N–H and O–H groups in total. The second kappa shape index (κ2) is 9.50. The zero-order valence-corrected chi connectivity index (χ0v) is 18.6. The number of phenolic OH excluding ortho intramolecular Hbond substituents is 1. The van der Waals surface area contributed by atoms with Crippen LogP contribution >= 0.6 is 0 Å². The lowest BCUT2D eigenvalue weighted by Gasteiger charge is -2.34. The highest BCUT2D eigenvalue weighted by Crippen LogP contribution is 2.35. The van der Waals surface area contributed by atoms with Gasteiger partial charge in [0, 0.05) is 12.0 Å². The summed E-state index contributed by atoms with van der Waals surface area (Å²) in [5, 5.41) is 12.6. The van der Waals surface area contributed by atoms with Crippen molar-refractivity contribution in [3.8, 4) is 17.2 Å². The maximum atomic E-state index is 13.1. The summed E-state index contributed by atoms with van der Waals surface area (Å²) in [5.74, 6) is 0.0536. The van der Waals surface area contributed by atoms with Gasteiger partial charge in [-0.25, -0.2) is 4.90 Å². The molecule has 9 heteroatoms. The van der Waals surface area contributed by atoms with Crippen LogP contribution in [-0.2, 0) is 14.4 Å². The highest BCUT2D eigenvalue weighted by atomic mass is 16.5. The van der Waals surface area contributed by atoms with Crippen LogP contribution in [0.5, 0.6) is 17.2 Å². The van der Waals surface area contributed by atoms with Gasteiger partial charge in [0.2, 0.25) is 11.8 Å². The molecule has 0 radical (unpaired) electrons. The van der Waals surface area contributed by atoms with Crippen LogP contribution in [0, 0.1) is 5.92 Å². The number of amides is 3. The molecule has 33 heavy (non-hydrogen) atoms. The molecule has 0 bridgehead atoms. The minimum Gasteiger partial charge on any atom is -0.506 e. The fourth-order valence-corrected chi connectivity index (χ4v) is 4.42. The number of likely N-dealkylation sites (tertiary alicyclic amines) is 1. The standard InChI is InChI=1S/C24H27N3O6/c1-32-20-8-7-16(13-21(20)33-2)27-22(29)14-18(24(27)31)26-11-9-15(10-12-26)23(30)25-17-5-3-4-6-19(17)28/h3-8,13,15,18,28H,9-12,14H2,1-2H3,(H,25,30). The van der Waals surface area contributed by atoms with Crippen molar-refractivity contribution >= 4 is 29.1 Å². The lowest BCUT2D eigenvalue weighted by atomic mass is 9.94. The topological polar surface area (TPSA) is 108 Å². The molecule has 2 aromatic rings. The van der Waals surface area contributed by atoms with E-state index in [9.17, 15) is 19.5 Å². The summed E-state index contributed by atoms with van der Waals surface area (Å²) in [7, 11) is 3.02. The summed E-state index contributed by atoms with van der Waals surface area (Å²) >= 11 is 0. The third-order valence-electron chi connectivity index (χ3n) is 6.25. The van der Waals surface area contributed by atoms with E-state index in [-0.39, 0.29) is 35.8 Å². The van der Waals surface area contributed by atoms with E-state index in [0.717, 1.165) is 0 Å². The molecule has 2 saturated heterocycles. The molecule has 2 aliphatic rings. The number of benzene rings is 2. The first-order valence-corrected chi connectivity index (χ1v) is 10.8. The first kappa shape index (κ1) is 22.6. The number of anilines is 2. The predicted molar refractivity (Wildman–Crippen MR) is 121 cm³/mol. The van der Waals surface area contributed by atoms with Crippen LogP contribution in [0.3, 0.4) is 0 Å². The van der Waals surface area contributed by atoms with E-state index in [4.69, 9.17) is 9.47 Å². The third kappa shape index (κ3) is 4.49. The van der Waals surface area contributed by atoms with Crippen molar-refractivity contribution in [3.05, 3.63) is 42.5 Å². The number of methoxy groups -OCH3 is 2. The molecular formula is C24H27N3O6. The lowest BCUT2D eigenvalue weighted by Crippen LogP contribution is -2.47. The first-order chi connectivity index (χ1) is 15.9. The Labute approximate surface area is 191 Å². The fourth-order valence-electron chi connectivity index (χ4n) is 4.42. The molecule has 0 saturated carbocycles. The highest BCUT2D eigenvalue weighted by molar-refractivity contribution is 6.22. The number of carbonyl (C=O) groups excluding carboxylic acids is 3. The molecule has 3 amide bonds. The Hall–Kier alpha value is -3.59. The molecule has 2 fully saturated rings. The third-order valence-corrected chi connectivity index (χ3v) is 6.25. The van der Waals surface area contributed by atoms with E-state index >= 15 is 0 Å². The van der Waals surface area contributed by atoms with Crippen LogP contribution < -0.4 is 19.7 Å². The SMILES string of the molecule is COc1ccc(N2C(=O)CC(N3CCC(C(=O)Nc4ccccc4O)CC3)C2=O)cc1OC. The van der Waals surface area contributed by atoms with Crippen molar-refractivity contribution in [3.63, 3.8) is 0 Å². The van der Waals surface area contributed by atoms with Gasteiger partial charge in [-0.3, -0.25) is 19.3 Å². The Balaban J connectivity index is 1.39. The van der Waals surface area contributed by atoms with E-state index < -0.39 is 6.04 Å². The Bertz CT molecular complexity index is 1060. The Morgan fingerprint density at radius 3 is 2.39 bits per heavy atom. The van der Waals surface area contributed by atoms with E-state index in [1.807, 2.05) is 4.90 Å². The van der Waals surface area contributed by atoms with Crippen molar-refractivity contribution < 1.29 is 29.0 Å². The Morgan fingerprint density at radius 2 is 1.73 bits per heavy atom. The van der Waals surface area contributed by atoms with Gasteiger partial charge in [-0.05, 0) is 50.2 Å². The van der Waals surface area contributed by atoms with Crippen molar-refractivity contribution in [2.75, 3.05) is 37.5 Å². The molecular weight excluding hydrogens is 426 g/mol. The fraction of sp³-hybridized carbons (Fsp3) is 0.375. The summed E-state index contributed by atoms with van der Waals surface area (Å²) < 4.78 is 10.5. The number of imide groups is 1. The van der Waals surface area contributed by atoms with Gasteiger partial charge in [-0.1, -0.05) is 12.1 Å². The predicted octanol–water partition coefficient (Wildman–Crippen LogP) is 2.39. The van der Waals surface area contributed by atoms with Gasteiger partial charge in [-0.2, -0.15) is 0 Å². The lowest BCUT2D eigenvalue weighted by molar-refractivity contribution is -0.123. The van der Waals surface area contributed by atoms with Crippen LogP contribution in [0.2, 0.25) is 0 Å². The number of phenols is 1. The number of piperidine rings is 1. The summed E-state index contributed by atoms with van der Waals surface area (Å²) in [4.78, 5) is 41.7. The van der Waals surface area contributed by atoms with Gasteiger partial charge in [0.25, 0.3) is 5.91 Å². The number of hydrogen-bond donors (Lipinski definition) is 2. The molecule has 9 nitrogen and oxygen atoms in total. The molecule has 1 unspecified atom stereocenters. The number of hydrogen-bond acceptors (Lipinski definition) is 7. The zero-order valence-electron chi connectivity index (χ0n) is 18.6. The zero-order chi connectivity index (χ0) is 23.5. The molecule has 0 spiro atoms. The van der Waals surface area contributed by atoms with Gasteiger partial charge in [0.15, 0.2) is 11.5 Å². The molecule has 0 aromatic heterocycles. The number of rotatable bonds is 6. The number of nitrogens with zero attached hydrogens (tertiary/aromatic N) is 2. The molecule has 0 aliphatic carbocycles. The van der Waals surface area contributed by atoms with Gasteiger partial charge in [0.05, 0.1) is 38.1 Å². The largest absolute Gasteiger partial charge is 0.506 e.